The van der Waals surface area contributed by atoms with Gasteiger partial charge in [0.25, 0.3) is 0 Å². The van der Waals surface area contributed by atoms with Crippen LogP contribution < -0.4 is 5.73 Å². The number of nitrogens with zero attached hydrogens (tertiary/aromatic N) is 2. The van der Waals surface area contributed by atoms with Gasteiger partial charge in [-0.2, -0.15) is 0 Å². The third-order valence-electron chi connectivity index (χ3n) is 3.69. The van der Waals surface area contributed by atoms with Crippen molar-refractivity contribution in [3.8, 4) is 11.4 Å². The quantitative estimate of drug-likeness (QED) is 0.713. The summed E-state index contributed by atoms with van der Waals surface area (Å²) in [4.78, 5) is 13.6. The Morgan fingerprint density at radius 3 is 3.05 bits per heavy atom. The molecule has 19 heavy (non-hydrogen) atoms. The minimum Gasteiger partial charge on any atom is -0.390 e. The molecule has 3 N–H and O–H groups in total. The summed E-state index contributed by atoms with van der Waals surface area (Å²) in [7, 11) is 0. The molecule has 1 aliphatic rings. The summed E-state index contributed by atoms with van der Waals surface area (Å²) in [5, 5.41) is 0.881. The minimum absolute atomic E-state index is 0.757. The van der Waals surface area contributed by atoms with Gasteiger partial charge in [-0.3, -0.25) is 0 Å². The van der Waals surface area contributed by atoms with Crippen LogP contribution in [0, 0.1) is 0 Å². The summed E-state index contributed by atoms with van der Waals surface area (Å²) < 4.78 is 0. The number of imidazole rings is 1. The van der Waals surface area contributed by atoms with Gasteiger partial charge in [-0.25, -0.2) is 9.97 Å². The van der Waals surface area contributed by atoms with Crippen LogP contribution in [0.15, 0.2) is 18.3 Å². The van der Waals surface area contributed by atoms with E-state index in [1.165, 1.54) is 23.3 Å². The van der Waals surface area contributed by atoms with Gasteiger partial charge in [0.1, 0.15) is 5.82 Å². The van der Waals surface area contributed by atoms with Gasteiger partial charge in [0.2, 0.25) is 0 Å². The van der Waals surface area contributed by atoms with Crippen molar-refractivity contribution in [2.75, 3.05) is 5.73 Å². The fourth-order valence-corrected chi connectivity index (χ4v) is 3.97. The van der Waals surface area contributed by atoms with Crippen LogP contribution >= 0.6 is 11.3 Å². The molecule has 0 radical (unpaired) electrons. The molecule has 3 heterocycles. The van der Waals surface area contributed by atoms with Gasteiger partial charge < -0.3 is 10.7 Å². The van der Waals surface area contributed by atoms with E-state index in [-0.39, 0.29) is 0 Å². The normalized spacial score (nSPS) is 14.7. The zero-order chi connectivity index (χ0) is 12.8. The molecular weight excluding hydrogens is 256 g/mol. The topological polar surface area (TPSA) is 67.6 Å². The SMILES string of the molecule is Nc1sc2c(c1-c1nc3ncccc3[nH]1)CCCC2. The van der Waals surface area contributed by atoms with Gasteiger partial charge in [-0.1, -0.05) is 0 Å². The summed E-state index contributed by atoms with van der Waals surface area (Å²) in [6.07, 6.45) is 6.55. The third kappa shape index (κ3) is 1.65. The lowest BCUT2D eigenvalue weighted by atomic mass is 9.95. The van der Waals surface area contributed by atoms with E-state index in [1.54, 1.807) is 17.5 Å². The summed E-state index contributed by atoms with van der Waals surface area (Å²) >= 11 is 1.72. The monoisotopic (exact) mass is 270 g/mol. The molecule has 0 saturated heterocycles. The first kappa shape index (κ1) is 11.0. The second kappa shape index (κ2) is 4.06. The smallest absolute Gasteiger partial charge is 0.178 e. The van der Waals surface area contributed by atoms with Crippen LogP contribution in [0.3, 0.4) is 0 Å². The number of nitrogens with one attached hydrogen (secondary N) is 1. The molecular formula is C14H14N4S. The highest BCUT2D eigenvalue weighted by molar-refractivity contribution is 7.16. The van der Waals surface area contributed by atoms with Crippen molar-refractivity contribution in [1.82, 2.24) is 15.0 Å². The number of rotatable bonds is 1. The number of hydrogen-bond donors (Lipinski definition) is 2. The molecule has 0 spiro atoms. The number of nitrogens with two attached hydrogens (primary N) is 1. The van der Waals surface area contributed by atoms with E-state index in [4.69, 9.17) is 5.73 Å². The number of hydrogen-bond acceptors (Lipinski definition) is 4. The summed E-state index contributed by atoms with van der Waals surface area (Å²) in [5.74, 6) is 0.866. The van der Waals surface area contributed by atoms with Crippen molar-refractivity contribution < 1.29 is 0 Å². The molecule has 0 aliphatic heterocycles. The van der Waals surface area contributed by atoms with Crippen LogP contribution in [0.5, 0.6) is 0 Å². The Morgan fingerprint density at radius 1 is 1.26 bits per heavy atom. The first-order valence-corrected chi connectivity index (χ1v) is 7.35. The van der Waals surface area contributed by atoms with E-state index in [0.29, 0.717) is 0 Å². The van der Waals surface area contributed by atoms with Gasteiger partial charge in [-0.05, 0) is 43.4 Å². The predicted octanol–water partition coefficient (Wildman–Crippen LogP) is 3.15. The van der Waals surface area contributed by atoms with E-state index < -0.39 is 0 Å². The second-order valence-electron chi connectivity index (χ2n) is 4.91. The molecule has 0 bridgehead atoms. The number of aromatic amines is 1. The van der Waals surface area contributed by atoms with Crippen molar-refractivity contribution in [1.29, 1.82) is 0 Å². The summed E-state index contributed by atoms with van der Waals surface area (Å²) in [6.45, 7) is 0. The molecule has 3 aromatic heterocycles. The predicted molar refractivity (Wildman–Crippen MR) is 78.3 cm³/mol. The second-order valence-corrected chi connectivity index (χ2v) is 6.05. The minimum atomic E-state index is 0.757. The van der Waals surface area contributed by atoms with Gasteiger partial charge in [-0.15, -0.1) is 11.3 Å². The number of aromatic nitrogens is 3. The molecule has 0 atom stereocenters. The Kier molecular flexibility index (Phi) is 2.35. The number of fused-ring (bicyclic) bond motifs is 2. The Labute approximate surface area is 114 Å². The van der Waals surface area contributed by atoms with Gasteiger partial charge >= 0.3 is 0 Å². The fourth-order valence-electron chi connectivity index (χ4n) is 2.81. The number of nitrogen functional groups attached to an aromatic ring is 1. The number of pyridine rings is 1. The Morgan fingerprint density at radius 2 is 2.16 bits per heavy atom. The highest BCUT2D eigenvalue weighted by atomic mass is 32.1. The molecule has 3 aromatic rings. The van der Waals surface area contributed by atoms with Crippen molar-refractivity contribution in [2.45, 2.75) is 25.7 Å². The molecule has 0 aromatic carbocycles. The van der Waals surface area contributed by atoms with Crippen LogP contribution in [0.4, 0.5) is 5.00 Å². The first-order valence-electron chi connectivity index (χ1n) is 6.54. The zero-order valence-electron chi connectivity index (χ0n) is 10.4. The average molecular weight is 270 g/mol. The van der Waals surface area contributed by atoms with Crippen LogP contribution in [0.2, 0.25) is 0 Å². The lowest BCUT2D eigenvalue weighted by Gasteiger charge is -2.11. The molecule has 96 valence electrons. The number of aryl methyl sites for hydroxylation is 1. The standard InChI is InChI=1S/C14H14N4S/c15-12-11(8-4-1-2-6-10(8)19-12)14-17-9-5-3-7-16-13(9)18-14/h3,5,7H,1-2,4,6,15H2,(H,16,17,18). The zero-order valence-corrected chi connectivity index (χ0v) is 11.3. The molecule has 0 amide bonds. The van der Waals surface area contributed by atoms with Crippen LogP contribution in [-0.2, 0) is 12.8 Å². The van der Waals surface area contributed by atoms with E-state index in [9.17, 15) is 0 Å². The third-order valence-corrected chi connectivity index (χ3v) is 4.81. The van der Waals surface area contributed by atoms with Crippen LogP contribution in [0.1, 0.15) is 23.3 Å². The van der Waals surface area contributed by atoms with E-state index >= 15 is 0 Å². The van der Waals surface area contributed by atoms with Crippen molar-refractivity contribution >= 4 is 27.5 Å². The summed E-state index contributed by atoms with van der Waals surface area (Å²) in [5.41, 5.74) is 10.4. The maximum Gasteiger partial charge on any atom is 0.178 e. The van der Waals surface area contributed by atoms with Crippen molar-refractivity contribution in [3.05, 3.63) is 28.8 Å². The highest BCUT2D eigenvalue weighted by Crippen LogP contribution is 2.41. The van der Waals surface area contributed by atoms with Crippen LogP contribution in [0.25, 0.3) is 22.6 Å². The molecule has 0 fully saturated rings. The lowest BCUT2D eigenvalue weighted by molar-refractivity contribution is 0.698. The fraction of sp³-hybridized carbons (Fsp3) is 0.286. The molecule has 5 heteroatoms. The Bertz CT molecular complexity index is 723. The Balaban J connectivity index is 1.94. The van der Waals surface area contributed by atoms with E-state index in [0.717, 1.165) is 40.4 Å². The largest absolute Gasteiger partial charge is 0.390 e. The van der Waals surface area contributed by atoms with Gasteiger partial charge in [0.05, 0.1) is 16.1 Å². The maximum absolute atomic E-state index is 6.21. The average Bonchev–Trinajstić information content (AvgIpc) is 2.97. The van der Waals surface area contributed by atoms with Gasteiger partial charge in [0.15, 0.2) is 5.65 Å². The highest BCUT2D eigenvalue weighted by Gasteiger charge is 2.22. The maximum atomic E-state index is 6.21. The van der Waals surface area contributed by atoms with Crippen molar-refractivity contribution in [2.24, 2.45) is 0 Å². The molecule has 0 saturated carbocycles. The molecule has 4 nitrogen and oxygen atoms in total. The number of anilines is 1. The van der Waals surface area contributed by atoms with Gasteiger partial charge in [0, 0.05) is 11.1 Å². The van der Waals surface area contributed by atoms with E-state index in [1.807, 2.05) is 12.1 Å². The first-order chi connectivity index (χ1) is 9.33. The molecule has 0 unspecified atom stereocenters. The Hall–Kier alpha value is -1.88. The van der Waals surface area contributed by atoms with Crippen LogP contribution in [-0.4, -0.2) is 15.0 Å². The van der Waals surface area contributed by atoms with Crippen molar-refractivity contribution in [3.63, 3.8) is 0 Å². The molecule has 1 aliphatic carbocycles. The lowest BCUT2D eigenvalue weighted by Crippen LogP contribution is -2.00. The molecule has 4 rings (SSSR count). The number of H-pyrrole nitrogens is 1. The summed E-state index contributed by atoms with van der Waals surface area (Å²) in [6, 6.07) is 3.91. The number of thiophene rings is 1. The van der Waals surface area contributed by atoms with E-state index in [2.05, 4.69) is 15.0 Å².